The van der Waals surface area contributed by atoms with E-state index < -0.39 is 21.8 Å². The van der Waals surface area contributed by atoms with E-state index in [0.29, 0.717) is 25.3 Å². The molecule has 1 N–H and O–H groups in total. The van der Waals surface area contributed by atoms with E-state index in [1.54, 1.807) is 12.1 Å². The van der Waals surface area contributed by atoms with Crippen molar-refractivity contribution in [3.05, 3.63) is 24.3 Å². The molecule has 22 heavy (non-hydrogen) atoms. The van der Waals surface area contributed by atoms with Crippen LogP contribution in [0.2, 0.25) is 0 Å². The Hall–Kier alpha value is -1.31. The van der Waals surface area contributed by atoms with Gasteiger partial charge in [-0.1, -0.05) is 0 Å². The van der Waals surface area contributed by atoms with Crippen molar-refractivity contribution in [2.75, 3.05) is 26.0 Å². The van der Waals surface area contributed by atoms with Gasteiger partial charge in [-0.25, -0.2) is 8.42 Å². The first-order chi connectivity index (χ1) is 9.88. The standard InChI is InChI=1S/C14H19NO5S.ClH/c1-21(18,19)12-6-4-11(5-7-12)20-10-9-15-8-2-3-13(15)14(16)17;/h4-7,13H,2-3,8-10H2,1H3,(H,16,17);1H. The third-order valence-corrected chi connectivity index (χ3v) is 4.68. The van der Waals surface area contributed by atoms with E-state index in [0.717, 1.165) is 19.2 Å². The molecule has 1 aliphatic heterocycles. The largest absolute Gasteiger partial charge is 0.492 e. The van der Waals surface area contributed by atoms with Crippen molar-refractivity contribution in [1.82, 2.24) is 4.90 Å². The first-order valence-electron chi connectivity index (χ1n) is 6.78. The van der Waals surface area contributed by atoms with Crippen molar-refractivity contribution < 1.29 is 23.1 Å². The van der Waals surface area contributed by atoms with Crippen molar-refractivity contribution in [2.45, 2.75) is 23.8 Å². The Morgan fingerprint density at radius 2 is 2.00 bits per heavy atom. The Morgan fingerprint density at radius 1 is 1.36 bits per heavy atom. The quantitative estimate of drug-likeness (QED) is 0.836. The Morgan fingerprint density at radius 3 is 2.55 bits per heavy atom. The monoisotopic (exact) mass is 349 g/mol. The number of aliphatic carboxylic acids is 1. The minimum Gasteiger partial charge on any atom is -0.492 e. The van der Waals surface area contributed by atoms with Crippen LogP contribution in [-0.2, 0) is 14.6 Å². The van der Waals surface area contributed by atoms with Crippen LogP contribution in [0.1, 0.15) is 12.8 Å². The van der Waals surface area contributed by atoms with E-state index >= 15 is 0 Å². The maximum absolute atomic E-state index is 11.3. The number of hydrogen-bond donors (Lipinski definition) is 1. The molecule has 6 nitrogen and oxygen atoms in total. The fraction of sp³-hybridized carbons (Fsp3) is 0.500. The molecule has 1 heterocycles. The molecule has 0 spiro atoms. The molecule has 0 saturated carbocycles. The van der Waals surface area contributed by atoms with Crippen molar-refractivity contribution in [1.29, 1.82) is 0 Å². The Bertz CT molecular complexity index is 602. The van der Waals surface area contributed by atoms with Gasteiger partial charge in [-0.2, -0.15) is 0 Å². The molecular formula is C14H20ClNO5S. The lowest BCUT2D eigenvalue weighted by atomic mass is 10.2. The topological polar surface area (TPSA) is 83.9 Å². The average molecular weight is 350 g/mol. The van der Waals surface area contributed by atoms with E-state index in [1.807, 2.05) is 4.90 Å². The minimum absolute atomic E-state index is 0. The normalized spacial score (nSPS) is 18.7. The van der Waals surface area contributed by atoms with Gasteiger partial charge >= 0.3 is 5.97 Å². The molecule has 0 aromatic heterocycles. The van der Waals surface area contributed by atoms with Crippen LogP contribution >= 0.6 is 12.4 Å². The van der Waals surface area contributed by atoms with Crippen molar-refractivity contribution in [3.63, 3.8) is 0 Å². The number of nitrogens with zero attached hydrogens (tertiary/aromatic N) is 1. The van der Waals surface area contributed by atoms with Gasteiger partial charge in [-0.3, -0.25) is 9.69 Å². The number of hydrogen-bond acceptors (Lipinski definition) is 5. The number of carboxylic acid groups (broad SMARTS) is 1. The van der Waals surface area contributed by atoms with Gasteiger partial charge in [-0.05, 0) is 43.7 Å². The number of rotatable bonds is 6. The number of ether oxygens (including phenoxy) is 1. The zero-order valence-corrected chi connectivity index (χ0v) is 13.9. The molecule has 0 aliphatic carbocycles. The van der Waals surface area contributed by atoms with Crippen molar-refractivity contribution in [3.8, 4) is 5.75 Å². The summed E-state index contributed by atoms with van der Waals surface area (Å²) in [5.41, 5.74) is 0. The van der Waals surface area contributed by atoms with Gasteiger partial charge in [0.05, 0.1) is 4.90 Å². The summed E-state index contributed by atoms with van der Waals surface area (Å²) in [5, 5.41) is 9.07. The summed E-state index contributed by atoms with van der Waals surface area (Å²) in [6.45, 7) is 1.69. The van der Waals surface area contributed by atoms with Gasteiger partial charge in [-0.15, -0.1) is 12.4 Å². The van der Waals surface area contributed by atoms with Gasteiger partial charge in [0, 0.05) is 12.8 Å². The molecule has 124 valence electrons. The Balaban J connectivity index is 0.00000242. The van der Waals surface area contributed by atoms with Gasteiger partial charge in [0.25, 0.3) is 0 Å². The summed E-state index contributed by atoms with van der Waals surface area (Å²) in [4.78, 5) is 13.2. The molecular weight excluding hydrogens is 330 g/mol. The Labute approximate surface area is 136 Å². The van der Waals surface area contributed by atoms with E-state index in [9.17, 15) is 13.2 Å². The average Bonchev–Trinajstić information content (AvgIpc) is 2.87. The highest BCUT2D eigenvalue weighted by atomic mass is 35.5. The minimum atomic E-state index is -3.20. The summed E-state index contributed by atoms with van der Waals surface area (Å²) in [7, 11) is -3.20. The molecule has 1 aliphatic rings. The molecule has 1 fully saturated rings. The van der Waals surface area contributed by atoms with Crippen LogP contribution in [0.15, 0.2) is 29.2 Å². The third kappa shape index (κ3) is 4.86. The van der Waals surface area contributed by atoms with Crippen molar-refractivity contribution in [2.24, 2.45) is 0 Å². The van der Waals surface area contributed by atoms with Crippen LogP contribution in [0.5, 0.6) is 5.75 Å². The second-order valence-electron chi connectivity index (χ2n) is 5.12. The predicted molar refractivity (Wildman–Crippen MR) is 84.5 cm³/mol. The van der Waals surface area contributed by atoms with E-state index in [4.69, 9.17) is 9.84 Å². The molecule has 0 radical (unpaired) electrons. The number of carbonyl (C=O) groups is 1. The zero-order chi connectivity index (χ0) is 15.5. The summed E-state index contributed by atoms with van der Waals surface area (Å²) >= 11 is 0. The highest BCUT2D eigenvalue weighted by molar-refractivity contribution is 7.90. The van der Waals surface area contributed by atoms with E-state index in [1.165, 1.54) is 12.1 Å². The molecule has 1 aromatic carbocycles. The molecule has 1 unspecified atom stereocenters. The molecule has 1 atom stereocenters. The highest BCUT2D eigenvalue weighted by Gasteiger charge is 2.29. The van der Waals surface area contributed by atoms with Crippen LogP contribution in [0.25, 0.3) is 0 Å². The van der Waals surface area contributed by atoms with E-state index in [2.05, 4.69) is 0 Å². The maximum Gasteiger partial charge on any atom is 0.320 e. The SMILES string of the molecule is CS(=O)(=O)c1ccc(OCCN2CCCC2C(=O)O)cc1.Cl. The third-order valence-electron chi connectivity index (χ3n) is 3.55. The first kappa shape index (κ1) is 18.7. The molecule has 1 aromatic rings. The number of likely N-dealkylation sites (tertiary alicyclic amines) is 1. The maximum atomic E-state index is 11.3. The number of carboxylic acids is 1. The lowest BCUT2D eigenvalue weighted by Crippen LogP contribution is -2.38. The highest BCUT2D eigenvalue weighted by Crippen LogP contribution is 2.18. The smallest absolute Gasteiger partial charge is 0.320 e. The van der Waals surface area contributed by atoms with Crippen LogP contribution in [0.3, 0.4) is 0 Å². The summed E-state index contributed by atoms with van der Waals surface area (Å²) in [6.07, 6.45) is 2.72. The molecule has 1 saturated heterocycles. The summed E-state index contributed by atoms with van der Waals surface area (Å²) in [5.74, 6) is -0.210. The van der Waals surface area contributed by atoms with E-state index in [-0.39, 0.29) is 17.3 Å². The van der Waals surface area contributed by atoms with Crippen LogP contribution < -0.4 is 4.74 Å². The van der Waals surface area contributed by atoms with Gasteiger partial charge in [0.2, 0.25) is 0 Å². The number of halogens is 1. The van der Waals surface area contributed by atoms with Gasteiger partial charge in [0.15, 0.2) is 9.84 Å². The van der Waals surface area contributed by atoms with Crippen LogP contribution in [-0.4, -0.2) is 56.4 Å². The van der Waals surface area contributed by atoms with Crippen LogP contribution in [0.4, 0.5) is 0 Å². The Kier molecular flexibility index (Phi) is 6.65. The molecule has 8 heteroatoms. The predicted octanol–water partition coefficient (Wildman–Crippen LogP) is 1.44. The zero-order valence-electron chi connectivity index (χ0n) is 12.3. The number of benzene rings is 1. The molecule has 0 bridgehead atoms. The summed E-state index contributed by atoms with van der Waals surface area (Å²) < 4.78 is 28.2. The lowest BCUT2D eigenvalue weighted by molar-refractivity contribution is -0.142. The van der Waals surface area contributed by atoms with Crippen LogP contribution in [0, 0.1) is 0 Å². The summed E-state index contributed by atoms with van der Waals surface area (Å²) in [6, 6.07) is 5.80. The first-order valence-corrected chi connectivity index (χ1v) is 8.67. The van der Waals surface area contributed by atoms with Crippen molar-refractivity contribution >= 4 is 28.2 Å². The molecule has 2 rings (SSSR count). The number of sulfone groups is 1. The second-order valence-corrected chi connectivity index (χ2v) is 7.14. The molecule has 0 amide bonds. The van der Waals surface area contributed by atoms with Gasteiger partial charge < -0.3 is 9.84 Å². The fourth-order valence-electron chi connectivity index (χ4n) is 2.44. The van der Waals surface area contributed by atoms with Gasteiger partial charge in [0.1, 0.15) is 18.4 Å². The second kappa shape index (κ2) is 7.80. The fourth-order valence-corrected chi connectivity index (χ4v) is 3.07. The lowest BCUT2D eigenvalue weighted by Gasteiger charge is -2.20.